The van der Waals surface area contributed by atoms with Crippen molar-refractivity contribution >= 4 is 17.4 Å². The Kier molecular flexibility index (Phi) is 3.81. The average Bonchev–Trinajstić information content (AvgIpc) is 2.27. The van der Waals surface area contributed by atoms with Crippen molar-refractivity contribution in [3.8, 4) is 0 Å². The second-order valence-corrected chi connectivity index (χ2v) is 6.49. The Bertz CT molecular complexity index is 401. The van der Waals surface area contributed by atoms with Gasteiger partial charge in [0.1, 0.15) is 16.8 Å². The fourth-order valence-electron chi connectivity index (χ4n) is 2.66. The maximum atomic E-state index is 6.00. The molecule has 1 aliphatic rings. The number of aromatic nitrogens is 2. The monoisotopic (exact) mass is 267 g/mol. The highest BCUT2D eigenvalue weighted by Gasteiger charge is 2.29. The zero-order chi connectivity index (χ0) is 13.3. The Labute approximate surface area is 115 Å². The Morgan fingerprint density at radius 2 is 1.89 bits per heavy atom. The third kappa shape index (κ3) is 3.14. The van der Waals surface area contributed by atoms with Gasteiger partial charge in [-0.2, -0.15) is 0 Å². The van der Waals surface area contributed by atoms with Crippen LogP contribution >= 0.6 is 11.6 Å². The van der Waals surface area contributed by atoms with Crippen LogP contribution in [-0.4, -0.2) is 23.1 Å². The minimum absolute atomic E-state index is 0.497. The van der Waals surface area contributed by atoms with E-state index in [4.69, 9.17) is 11.6 Å². The highest BCUT2D eigenvalue weighted by atomic mass is 35.5. The Morgan fingerprint density at radius 1 is 1.28 bits per heavy atom. The van der Waals surface area contributed by atoms with Gasteiger partial charge < -0.3 is 4.90 Å². The molecule has 4 heteroatoms. The van der Waals surface area contributed by atoms with E-state index in [1.165, 1.54) is 25.7 Å². The molecule has 18 heavy (non-hydrogen) atoms. The van der Waals surface area contributed by atoms with Gasteiger partial charge in [0, 0.05) is 19.2 Å². The van der Waals surface area contributed by atoms with E-state index in [0.29, 0.717) is 16.6 Å². The first kappa shape index (κ1) is 13.6. The molecule has 0 aromatic carbocycles. The smallest absolute Gasteiger partial charge is 0.134 e. The second-order valence-electron chi connectivity index (χ2n) is 6.10. The highest BCUT2D eigenvalue weighted by molar-refractivity contribution is 6.29. The van der Waals surface area contributed by atoms with E-state index in [9.17, 15) is 0 Å². The fourth-order valence-corrected chi connectivity index (χ4v) is 2.88. The Hall–Kier alpha value is -0.830. The van der Waals surface area contributed by atoms with E-state index in [1.54, 1.807) is 0 Å². The first-order valence-electron chi connectivity index (χ1n) is 6.61. The van der Waals surface area contributed by atoms with Crippen LogP contribution in [0.3, 0.4) is 0 Å². The van der Waals surface area contributed by atoms with Gasteiger partial charge >= 0.3 is 0 Å². The van der Waals surface area contributed by atoms with Gasteiger partial charge in [-0.25, -0.2) is 9.97 Å². The van der Waals surface area contributed by atoms with Crippen molar-refractivity contribution in [1.82, 2.24) is 9.97 Å². The summed E-state index contributed by atoms with van der Waals surface area (Å²) in [4.78, 5) is 10.8. The minimum Gasteiger partial charge on any atom is -0.357 e. The molecule has 1 aliphatic carbocycles. The predicted octanol–water partition coefficient (Wildman–Crippen LogP) is 3.84. The largest absolute Gasteiger partial charge is 0.357 e. The van der Waals surface area contributed by atoms with E-state index >= 15 is 0 Å². The molecule has 100 valence electrons. The molecule has 0 aliphatic heterocycles. The van der Waals surface area contributed by atoms with Gasteiger partial charge in [-0.3, -0.25) is 0 Å². The topological polar surface area (TPSA) is 29.0 Å². The van der Waals surface area contributed by atoms with Crippen molar-refractivity contribution in [3.05, 3.63) is 17.0 Å². The molecule has 2 rings (SSSR count). The summed E-state index contributed by atoms with van der Waals surface area (Å²) in [5.41, 5.74) is 0.497. The van der Waals surface area contributed by atoms with E-state index < -0.39 is 0 Å². The third-order valence-electron chi connectivity index (χ3n) is 4.01. The van der Waals surface area contributed by atoms with Crippen molar-refractivity contribution < 1.29 is 0 Å². The lowest BCUT2D eigenvalue weighted by molar-refractivity contribution is 0.222. The SMILES string of the molecule is Cc1nc(Cl)cc(N(C)C2CCC(C)(C)CC2)n1. The zero-order valence-electron chi connectivity index (χ0n) is 11.7. The molecule has 1 fully saturated rings. The molecule has 0 spiro atoms. The molecule has 0 N–H and O–H groups in total. The van der Waals surface area contributed by atoms with Crippen LogP contribution in [0.2, 0.25) is 5.15 Å². The van der Waals surface area contributed by atoms with Crippen molar-refractivity contribution in [3.63, 3.8) is 0 Å². The van der Waals surface area contributed by atoms with Crippen molar-refractivity contribution in [2.75, 3.05) is 11.9 Å². The first-order chi connectivity index (χ1) is 8.37. The molecule has 0 saturated heterocycles. The number of aryl methyl sites for hydroxylation is 1. The van der Waals surface area contributed by atoms with E-state index in [2.05, 4.69) is 35.8 Å². The van der Waals surface area contributed by atoms with Crippen LogP contribution < -0.4 is 4.90 Å². The lowest BCUT2D eigenvalue weighted by atomic mass is 9.75. The maximum Gasteiger partial charge on any atom is 0.134 e. The second kappa shape index (κ2) is 5.04. The number of rotatable bonds is 2. The van der Waals surface area contributed by atoms with Crippen LogP contribution in [0.15, 0.2) is 6.07 Å². The van der Waals surface area contributed by atoms with Crippen molar-refractivity contribution in [2.45, 2.75) is 52.5 Å². The average molecular weight is 268 g/mol. The number of hydrogen-bond donors (Lipinski definition) is 0. The molecule has 1 heterocycles. The third-order valence-corrected chi connectivity index (χ3v) is 4.20. The van der Waals surface area contributed by atoms with Crippen molar-refractivity contribution in [1.29, 1.82) is 0 Å². The summed E-state index contributed by atoms with van der Waals surface area (Å²) in [5, 5.41) is 0.528. The number of nitrogens with zero attached hydrogens (tertiary/aromatic N) is 3. The van der Waals surface area contributed by atoms with Crippen LogP contribution in [0.4, 0.5) is 5.82 Å². The molecule has 0 bridgehead atoms. The number of halogens is 1. The molecule has 0 unspecified atom stereocenters. The Balaban J connectivity index is 2.09. The fraction of sp³-hybridized carbons (Fsp3) is 0.714. The molecular formula is C14H22ClN3. The molecule has 1 aromatic rings. The molecule has 3 nitrogen and oxygen atoms in total. The van der Waals surface area contributed by atoms with Gasteiger partial charge in [-0.1, -0.05) is 25.4 Å². The van der Waals surface area contributed by atoms with Gasteiger partial charge in [0.2, 0.25) is 0 Å². The normalized spacial score (nSPS) is 19.8. The molecule has 1 aromatic heterocycles. The molecule has 0 amide bonds. The van der Waals surface area contributed by atoms with Gasteiger partial charge in [0.25, 0.3) is 0 Å². The van der Waals surface area contributed by atoms with Crippen LogP contribution in [0.5, 0.6) is 0 Å². The molecule has 0 radical (unpaired) electrons. The summed E-state index contributed by atoms with van der Waals surface area (Å²) in [6.07, 6.45) is 5.01. The zero-order valence-corrected chi connectivity index (χ0v) is 12.5. The standard InChI is InChI=1S/C14H22ClN3/c1-10-16-12(15)9-13(17-10)18(4)11-5-7-14(2,3)8-6-11/h9,11H,5-8H2,1-4H3. The van der Waals surface area contributed by atoms with Gasteiger partial charge in [0.15, 0.2) is 0 Å². The van der Waals surface area contributed by atoms with Crippen LogP contribution in [0.1, 0.15) is 45.4 Å². The summed E-state index contributed by atoms with van der Waals surface area (Å²) in [5.74, 6) is 1.68. The summed E-state index contributed by atoms with van der Waals surface area (Å²) < 4.78 is 0. The predicted molar refractivity (Wildman–Crippen MR) is 76.2 cm³/mol. The van der Waals surface area contributed by atoms with Gasteiger partial charge in [-0.05, 0) is 38.0 Å². The van der Waals surface area contributed by atoms with Crippen LogP contribution in [0.25, 0.3) is 0 Å². The first-order valence-corrected chi connectivity index (χ1v) is 6.99. The number of hydrogen-bond acceptors (Lipinski definition) is 3. The lowest BCUT2D eigenvalue weighted by Crippen LogP contribution is -2.37. The van der Waals surface area contributed by atoms with Crippen molar-refractivity contribution in [2.24, 2.45) is 5.41 Å². The van der Waals surface area contributed by atoms with Crippen LogP contribution in [0, 0.1) is 12.3 Å². The van der Waals surface area contributed by atoms with E-state index in [0.717, 1.165) is 11.6 Å². The minimum atomic E-state index is 0.497. The molecule has 1 saturated carbocycles. The Morgan fingerprint density at radius 3 is 2.44 bits per heavy atom. The molecule has 0 atom stereocenters. The quantitative estimate of drug-likeness (QED) is 0.763. The summed E-state index contributed by atoms with van der Waals surface area (Å²) >= 11 is 6.00. The number of anilines is 1. The van der Waals surface area contributed by atoms with Gasteiger partial charge in [-0.15, -0.1) is 0 Å². The lowest BCUT2D eigenvalue weighted by Gasteiger charge is -2.39. The van der Waals surface area contributed by atoms with E-state index in [-0.39, 0.29) is 0 Å². The van der Waals surface area contributed by atoms with Gasteiger partial charge in [0.05, 0.1) is 0 Å². The summed E-state index contributed by atoms with van der Waals surface area (Å²) in [6, 6.07) is 2.43. The summed E-state index contributed by atoms with van der Waals surface area (Å²) in [7, 11) is 2.11. The van der Waals surface area contributed by atoms with Crippen LogP contribution in [-0.2, 0) is 0 Å². The maximum absolute atomic E-state index is 6.00. The summed E-state index contributed by atoms with van der Waals surface area (Å²) in [6.45, 7) is 6.59. The molecular weight excluding hydrogens is 246 g/mol. The van der Waals surface area contributed by atoms with E-state index in [1.807, 2.05) is 13.0 Å². The highest BCUT2D eigenvalue weighted by Crippen LogP contribution is 2.37.